The lowest BCUT2D eigenvalue weighted by atomic mass is 10.1. The standard InChI is InChI=1S/C24H23N3O4S/c1-14(22(28)26-17-7-11-19(31-4)12-8-17)27-15(2)25-23-21(24(27)29)20(13-32-23)16-5-9-18(30-3)10-6-16/h5-14H,1-4H3,(H,26,28). The fraction of sp³-hybridized carbons (Fsp3) is 0.208. The van der Waals surface area contributed by atoms with Crippen LogP contribution in [0.15, 0.2) is 58.7 Å². The fourth-order valence-corrected chi connectivity index (χ4v) is 4.57. The van der Waals surface area contributed by atoms with Gasteiger partial charge in [-0.15, -0.1) is 11.3 Å². The van der Waals surface area contributed by atoms with Gasteiger partial charge >= 0.3 is 0 Å². The zero-order chi connectivity index (χ0) is 22.8. The Kier molecular flexibility index (Phi) is 5.96. The van der Waals surface area contributed by atoms with E-state index in [1.54, 1.807) is 52.3 Å². The summed E-state index contributed by atoms with van der Waals surface area (Å²) >= 11 is 1.41. The summed E-state index contributed by atoms with van der Waals surface area (Å²) in [6.07, 6.45) is 0. The minimum absolute atomic E-state index is 0.239. The second-order valence-electron chi connectivity index (χ2n) is 7.29. The van der Waals surface area contributed by atoms with Crippen molar-refractivity contribution in [2.24, 2.45) is 0 Å². The number of benzene rings is 2. The van der Waals surface area contributed by atoms with Gasteiger partial charge in [0.05, 0.1) is 19.6 Å². The molecule has 7 nitrogen and oxygen atoms in total. The molecule has 164 valence electrons. The highest BCUT2D eigenvalue weighted by atomic mass is 32.1. The largest absolute Gasteiger partial charge is 0.497 e. The third kappa shape index (κ3) is 3.97. The second-order valence-corrected chi connectivity index (χ2v) is 8.14. The SMILES string of the molecule is COc1ccc(NC(=O)C(C)n2c(C)nc3scc(-c4ccc(OC)cc4)c3c2=O)cc1. The summed E-state index contributed by atoms with van der Waals surface area (Å²) in [4.78, 5) is 31.7. The first-order chi connectivity index (χ1) is 15.4. The fourth-order valence-electron chi connectivity index (χ4n) is 3.58. The molecule has 1 atom stereocenters. The number of thiophene rings is 1. The maximum Gasteiger partial charge on any atom is 0.263 e. The molecular formula is C24H23N3O4S. The predicted octanol–water partition coefficient (Wildman–Crippen LogP) is 4.65. The average Bonchev–Trinajstić information content (AvgIpc) is 3.23. The average molecular weight is 450 g/mol. The first-order valence-corrected chi connectivity index (χ1v) is 10.9. The number of nitrogens with zero attached hydrogens (tertiary/aromatic N) is 2. The molecule has 32 heavy (non-hydrogen) atoms. The molecule has 4 aromatic rings. The van der Waals surface area contributed by atoms with Gasteiger partial charge in [-0.05, 0) is 55.8 Å². The van der Waals surface area contributed by atoms with E-state index < -0.39 is 6.04 Å². The summed E-state index contributed by atoms with van der Waals surface area (Å²) in [7, 11) is 3.19. The predicted molar refractivity (Wildman–Crippen MR) is 127 cm³/mol. The molecular weight excluding hydrogens is 426 g/mol. The Morgan fingerprint density at radius 3 is 2.22 bits per heavy atom. The number of hydrogen-bond acceptors (Lipinski definition) is 6. The van der Waals surface area contributed by atoms with Crippen LogP contribution in [0, 0.1) is 6.92 Å². The summed E-state index contributed by atoms with van der Waals surface area (Å²) in [6.45, 7) is 3.44. The highest BCUT2D eigenvalue weighted by Crippen LogP contribution is 2.32. The smallest absolute Gasteiger partial charge is 0.263 e. The molecule has 1 amide bonds. The van der Waals surface area contributed by atoms with E-state index in [4.69, 9.17) is 9.47 Å². The number of carbonyl (C=O) groups is 1. The van der Waals surface area contributed by atoms with Gasteiger partial charge in [0.1, 0.15) is 28.2 Å². The van der Waals surface area contributed by atoms with Crippen LogP contribution in [0.1, 0.15) is 18.8 Å². The van der Waals surface area contributed by atoms with E-state index in [-0.39, 0.29) is 11.5 Å². The molecule has 1 N–H and O–H groups in total. The first kappa shape index (κ1) is 21.6. The van der Waals surface area contributed by atoms with Gasteiger partial charge < -0.3 is 14.8 Å². The van der Waals surface area contributed by atoms with Crippen molar-refractivity contribution in [1.82, 2.24) is 9.55 Å². The van der Waals surface area contributed by atoms with Crippen molar-refractivity contribution >= 4 is 33.1 Å². The number of fused-ring (bicyclic) bond motifs is 1. The maximum absolute atomic E-state index is 13.5. The summed E-state index contributed by atoms with van der Waals surface area (Å²) in [5, 5.41) is 5.29. The van der Waals surface area contributed by atoms with Gasteiger partial charge in [-0.1, -0.05) is 12.1 Å². The number of ether oxygens (including phenoxy) is 2. The number of carbonyl (C=O) groups excluding carboxylic acids is 1. The normalized spacial score (nSPS) is 11.9. The molecule has 2 aromatic heterocycles. The number of nitrogens with one attached hydrogen (secondary N) is 1. The van der Waals surface area contributed by atoms with Gasteiger partial charge in [-0.3, -0.25) is 14.2 Å². The second kappa shape index (κ2) is 8.84. The van der Waals surface area contributed by atoms with Gasteiger partial charge in [0.2, 0.25) is 5.91 Å². The quantitative estimate of drug-likeness (QED) is 0.463. The van der Waals surface area contributed by atoms with Crippen LogP contribution in [0.25, 0.3) is 21.3 Å². The molecule has 4 rings (SSSR count). The van der Waals surface area contributed by atoms with E-state index in [9.17, 15) is 9.59 Å². The van der Waals surface area contributed by atoms with E-state index in [2.05, 4.69) is 10.3 Å². The summed E-state index contributed by atoms with van der Waals surface area (Å²) in [6, 6.07) is 13.8. The van der Waals surface area contributed by atoms with Gasteiger partial charge in [-0.25, -0.2) is 4.98 Å². The molecule has 0 aliphatic carbocycles. The van der Waals surface area contributed by atoms with Crippen molar-refractivity contribution in [3.05, 3.63) is 70.1 Å². The van der Waals surface area contributed by atoms with E-state index in [0.717, 1.165) is 16.9 Å². The lowest BCUT2D eigenvalue weighted by Crippen LogP contribution is -2.33. The molecule has 0 spiro atoms. The van der Waals surface area contributed by atoms with Crippen molar-refractivity contribution < 1.29 is 14.3 Å². The van der Waals surface area contributed by atoms with Crippen LogP contribution in [0.2, 0.25) is 0 Å². The summed E-state index contributed by atoms with van der Waals surface area (Å²) < 4.78 is 11.8. The summed E-state index contributed by atoms with van der Waals surface area (Å²) in [5.74, 6) is 1.62. The number of aryl methyl sites for hydroxylation is 1. The molecule has 0 aliphatic heterocycles. The van der Waals surface area contributed by atoms with Gasteiger partial charge in [0, 0.05) is 16.6 Å². The highest BCUT2D eigenvalue weighted by Gasteiger charge is 2.22. The van der Waals surface area contributed by atoms with Crippen LogP contribution in [0.4, 0.5) is 5.69 Å². The van der Waals surface area contributed by atoms with Crippen LogP contribution < -0.4 is 20.3 Å². The molecule has 2 aromatic carbocycles. The Labute approximate surface area is 189 Å². The Bertz CT molecular complexity index is 1320. The molecule has 0 radical (unpaired) electrons. The lowest BCUT2D eigenvalue weighted by molar-refractivity contribution is -0.118. The van der Waals surface area contributed by atoms with Crippen molar-refractivity contribution in [1.29, 1.82) is 0 Å². The number of rotatable bonds is 6. The highest BCUT2D eigenvalue weighted by molar-refractivity contribution is 7.17. The summed E-state index contributed by atoms with van der Waals surface area (Å²) in [5.41, 5.74) is 2.07. The Morgan fingerprint density at radius 1 is 1.03 bits per heavy atom. The van der Waals surface area contributed by atoms with Crippen molar-refractivity contribution in [3.8, 4) is 22.6 Å². The molecule has 1 unspecified atom stereocenters. The number of aromatic nitrogens is 2. The van der Waals surface area contributed by atoms with Crippen LogP contribution in [0.5, 0.6) is 11.5 Å². The van der Waals surface area contributed by atoms with Crippen molar-refractivity contribution in [3.63, 3.8) is 0 Å². The Balaban J connectivity index is 1.71. The number of methoxy groups -OCH3 is 2. The van der Waals surface area contributed by atoms with Crippen LogP contribution >= 0.6 is 11.3 Å². The van der Waals surface area contributed by atoms with Crippen LogP contribution in [-0.2, 0) is 4.79 Å². The minimum atomic E-state index is -0.745. The molecule has 0 bridgehead atoms. The van der Waals surface area contributed by atoms with Crippen LogP contribution in [-0.4, -0.2) is 29.7 Å². The zero-order valence-electron chi connectivity index (χ0n) is 18.2. The Morgan fingerprint density at radius 2 is 1.62 bits per heavy atom. The van der Waals surface area contributed by atoms with E-state index in [0.29, 0.717) is 27.5 Å². The Hall–Kier alpha value is -3.65. The lowest BCUT2D eigenvalue weighted by Gasteiger charge is -2.18. The molecule has 0 saturated heterocycles. The minimum Gasteiger partial charge on any atom is -0.497 e. The van der Waals surface area contributed by atoms with E-state index in [1.807, 2.05) is 29.6 Å². The van der Waals surface area contributed by atoms with Gasteiger partial charge in [-0.2, -0.15) is 0 Å². The zero-order valence-corrected chi connectivity index (χ0v) is 19.0. The monoisotopic (exact) mass is 449 g/mol. The molecule has 2 heterocycles. The third-order valence-corrected chi connectivity index (χ3v) is 6.21. The third-order valence-electron chi connectivity index (χ3n) is 5.34. The van der Waals surface area contributed by atoms with Crippen molar-refractivity contribution in [2.75, 3.05) is 19.5 Å². The van der Waals surface area contributed by atoms with Crippen molar-refractivity contribution in [2.45, 2.75) is 19.9 Å². The number of hydrogen-bond donors (Lipinski definition) is 1. The van der Waals surface area contributed by atoms with E-state index >= 15 is 0 Å². The molecule has 0 fully saturated rings. The topological polar surface area (TPSA) is 82.4 Å². The molecule has 0 aliphatic rings. The van der Waals surface area contributed by atoms with Gasteiger partial charge in [0.25, 0.3) is 5.56 Å². The first-order valence-electron chi connectivity index (χ1n) is 10.0. The van der Waals surface area contributed by atoms with Gasteiger partial charge in [0.15, 0.2) is 0 Å². The molecule has 0 saturated carbocycles. The van der Waals surface area contributed by atoms with Crippen LogP contribution in [0.3, 0.4) is 0 Å². The van der Waals surface area contributed by atoms with E-state index in [1.165, 1.54) is 15.9 Å². The number of amides is 1. The number of anilines is 1. The maximum atomic E-state index is 13.5. The molecule has 8 heteroatoms.